The molecule has 86 valence electrons. The first-order chi connectivity index (χ1) is 7.27. The predicted octanol–water partition coefficient (Wildman–Crippen LogP) is -1.09. The van der Waals surface area contributed by atoms with Crippen LogP contribution < -0.4 is 4.90 Å². The number of hydrogen-bond donors (Lipinski definition) is 1. The van der Waals surface area contributed by atoms with Crippen LogP contribution in [0.3, 0.4) is 0 Å². The van der Waals surface area contributed by atoms with Crippen LogP contribution in [0.25, 0.3) is 0 Å². The summed E-state index contributed by atoms with van der Waals surface area (Å²) in [5, 5.41) is 0. The SMILES string of the molecule is C[NH+]1CCCN(C(=O)[C@H]2CCCO2)CC1. The van der Waals surface area contributed by atoms with Crippen molar-refractivity contribution in [2.75, 3.05) is 39.8 Å². The van der Waals surface area contributed by atoms with E-state index in [4.69, 9.17) is 4.74 Å². The molecule has 0 aromatic carbocycles. The highest BCUT2D eigenvalue weighted by Gasteiger charge is 2.29. The van der Waals surface area contributed by atoms with Gasteiger partial charge in [0.1, 0.15) is 6.10 Å². The van der Waals surface area contributed by atoms with E-state index in [1.54, 1.807) is 0 Å². The fourth-order valence-electron chi connectivity index (χ4n) is 2.33. The van der Waals surface area contributed by atoms with Gasteiger partial charge < -0.3 is 14.5 Å². The molecule has 0 aromatic heterocycles. The highest BCUT2D eigenvalue weighted by Crippen LogP contribution is 2.14. The molecule has 0 aromatic rings. The van der Waals surface area contributed by atoms with E-state index in [1.807, 2.05) is 4.90 Å². The van der Waals surface area contributed by atoms with E-state index >= 15 is 0 Å². The average Bonchev–Trinajstić information content (AvgIpc) is 2.67. The van der Waals surface area contributed by atoms with Crippen molar-refractivity contribution >= 4 is 5.91 Å². The molecule has 2 heterocycles. The summed E-state index contributed by atoms with van der Waals surface area (Å²) in [4.78, 5) is 15.6. The van der Waals surface area contributed by atoms with E-state index in [0.29, 0.717) is 0 Å². The number of carbonyl (C=O) groups excluding carboxylic acids is 1. The minimum absolute atomic E-state index is 0.136. The maximum atomic E-state index is 12.1. The van der Waals surface area contributed by atoms with Crippen molar-refractivity contribution in [2.45, 2.75) is 25.4 Å². The van der Waals surface area contributed by atoms with Crippen LogP contribution in [0.5, 0.6) is 0 Å². The molecular weight excluding hydrogens is 192 g/mol. The van der Waals surface area contributed by atoms with Gasteiger partial charge in [0.05, 0.1) is 26.7 Å². The minimum atomic E-state index is -0.136. The van der Waals surface area contributed by atoms with E-state index in [0.717, 1.165) is 45.5 Å². The fraction of sp³-hybridized carbons (Fsp3) is 0.909. The summed E-state index contributed by atoms with van der Waals surface area (Å²) >= 11 is 0. The number of amides is 1. The Morgan fingerprint density at radius 3 is 2.93 bits per heavy atom. The quantitative estimate of drug-likeness (QED) is 0.601. The molecule has 1 N–H and O–H groups in total. The van der Waals surface area contributed by atoms with Crippen molar-refractivity contribution < 1.29 is 14.4 Å². The number of likely N-dealkylation sites (N-methyl/N-ethyl adjacent to an activating group) is 1. The molecule has 1 amide bonds. The smallest absolute Gasteiger partial charge is 0.251 e. The zero-order valence-electron chi connectivity index (χ0n) is 9.50. The van der Waals surface area contributed by atoms with Gasteiger partial charge in [-0.25, -0.2) is 0 Å². The normalized spacial score (nSPS) is 32.7. The second kappa shape index (κ2) is 4.94. The molecule has 2 fully saturated rings. The Bertz CT molecular complexity index is 227. The second-order valence-electron chi connectivity index (χ2n) is 4.64. The number of nitrogens with zero attached hydrogens (tertiary/aromatic N) is 1. The van der Waals surface area contributed by atoms with Gasteiger partial charge in [0.25, 0.3) is 5.91 Å². The lowest BCUT2D eigenvalue weighted by molar-refractivity contribution is -0.877. The monoisotopic (exact) mass is 213 g/mol. The first-order valence-corrected chi connectivity index (χ1v) is 5.99. The Morgan fingerprint density at radius 1 is 1.33 bits per heavy atom. The first kappa shape index (κ1) is 10.9. The fourth-order valence-corrected chi connectivity index (χ4v) is 2.33. The van der Waals surface area contributed by atoms with Gasteiger partial charge in [-0.05, 0) is 12.8 Å². The molecule has 2 aliphatic rings. The molecule has 2 saturated heterocycles. The molecule has 4 heteroatoms. The summed E-state index contributed by atoms with van der Waals surface area (Å²) < 4.78 is 5.44. The van der Waals surface area contributed by atoms with Crippen molar-refractivity contribution in [2.24, 2.45) is 0 Å². The largest absolute Gasteiger partial charge is 0.368 e. The number of nitrogens with one attached hydrogen (secondary N) is 1. The summed E-state index contributed by atoms with van der Waals surface area (Å²) in [5.74, 6) is 0.224. The Hall–Kier alpha value is -0.610. The van der Waals surface area contributed by atoms with Gasteiger partial charge in [-0.15, -0.1) is 0 Å². The molecule has 4 nitrogen and oxygen atoms in total. The van der Waals surface area contributed by atoms with E-state index < -0.39 is 0 Å². The zero-order chi connectivity index (χ0) is 10.7. The molecule has 0 bridgehead atoms. The summed E-state index contributed by atoms with van der Waals surface area (Å²) in [5.41, 5.74) is 0. The lowest BCUT2D eigenvalue weighted by atomic mass is 10.2. The first-order valence-electron chi connectivity index (χ1n) is 5.99. The van der Waals surface area contributed by atoms with E-state index in [9.17, 15) is 4.79 Å². The van der Waals surface area contributed by atoms with Crippen LogP contribution in [-0.2, 0) is 9.53 Å². The summed E-state index contributed by atoms with van der Waals surface area (Å²) in [6.07, 6.45) is 2.93. The number of hydrogen-bond acceptors (Lipinski definition) is 2. The van der Waals surface area contributed by atoms with Gasteiger partial charge in [0, 0.05) is 19.6 Å². The molecule has 0 saturated carbocycles. The molecule has 0 spiro atoms. The predicted molar refractivity (Wildman–Crippen MR) is 56.8 cm³/mol. The lowest BCUT2D eigenvalue weighted by Gasteiger charge is -2.22. The van der Waals surface area contributed by atoms with Crippen LogP contribution in [0.2, 0.25) is 0 Å². The van der Waals surface area contributed by atoms with Crippen molar-refractivity contribution in [3.8, 4) is 0 Å². The maximum absolute atomic E-state index is 12.1. The third kappa shape index (κ3) is 2.69. The Kier molecular flexibility index (Phi) is 3.59. The molecule has 1 unspecified atom stereocenters. The molecular formula is C11H21N2O2+. The zero-order valence-corrected chi connectivity index (χ0v) is 9.50. The number of quaternary nitrogens is 1. The van der Waals surface area contributed by atoms with Gasteiger partial charge in [0.15, 0.2) is 0 Å². The van der Waals surface area contributed by atoms with E-state index in [1.165, 1.54) is 11.4 Å². The van der Waals surface area contributed by atoms with Crippen molar-refractivity contribution in [3.05, 3.63) is 0 Å². The standard InChI is InChI=1S/C11H20N2O2/c1-12-5-3-6-13(8-7-12)11(14)10-4-2-9-15-10/h10H,2-9H2,1H3/p+1/t10-/m1/s1. The number of ether oxygens (including phenoxy) is 1. The highest BCUT2D eigenvalue weighted by molar-refractivity contribution is 5.81. The van der Waals surface area contributed by atoms with Crippen molar-refractivity contribution in [1.29, 1.82) is 0 Å². The summed E-state index contributed by atoms with van der Waals surface area (Å²) in [7, 11) is 2.19. The van der Waals surface area contributed by atoms with Gasteiger partial charge in [-0.1, -0.05) is 0 Å². The van der Waals surface area contributed by atoms with Gasteiger partial charge in [0.2, 0.25) is 0 Å². The Balaban J connectivity index is 1.88. The third-order valence-corrected chi connectivity index (χ3v) is 3.36. The Morgan fingerprint density at radius 2 is 2.20 bits per heavy atom. The molecule has 2 rings (SSSR count). The van der Waals surface area contributed by atoms with Crippen LogP contribution >= 0.6 is 0 Å². The van der Waals surface area contributed by atoms with Crippen LogP contribution in [0.4, 0.5) is 0 Å². The van der Waals surface area contributed by atoms with E-state index in [-0.39, 0.29) is 12.0 Å². The van der Waals surface area contributed by atoms with Crippen LogP contribution in [0.1, 0.15) is 19.3 Å². The molecule has 2 atom stereocenters. The van der Waals surface area contributed by atoms with Gasteiger partial charge >= 0.3 is 0 Å². The van der Waals surface area contributed by atoms with Crippen LogP contribution in [0.15, 0.2) is 0 Å². The second-order valence-corrected chi connectivity index (χ2v) is 4.64. The molecule has 0 aliphatic carbocycles. The number of rotatable bonds is 1. The molecule has 2 aliphatic heterocycles. The molecule has 0 radical (unpaired) electrons. The van der Waals surface area contributed by atoms with Crippen LogP contribution in [-0.4, -0.2) is 56.7 Å². The number of carbonyl (C=O) groups is 1. The highest BCUT2D eigenvalue weighted by atomic mass is 16.5. The minimum Gasteiger partial charge on any atom is -0.368 e. The summed E-state index contributed by atoms with van der Waals surface area (Å²) in [6, 6.07) is 0. The Labute approximate surface area is 91.2 Å². The van der Waals surface area contributed by atoms with Crippen LogP contribution in [0, 0.1) is 0 Å². The van der Waals surface area contributed by atoms with E-state index in [2.05, 4.69) is 7.05 Å². The summed E-state index contributed by atoms with van der Waals surface area (Å²) in [6.45, 7) is 4.81. The van der Waals surface area contributed by atoms with Crippen molar-refractivity contribution in [3.63, 3.8) is 0 Å². The average molecular weight is 213 g/mol. The molecule has 15 heavy (non-hydrogen) atoms. The van der Waals surface area contributed by atoms with Gasteiger partial charge in [-0.3, -0.25) is 4.79 Å². The maximum Gasteiger partial charge on any atom is 0.251 e. The van der Waals surface area contributed by atoms with Crippen molar-refractivity contribution in [1.82, 2.24) is 4.90 Å². The lowest BCUT2D eigenvalue weighted by Crippen LogP contribution is -3.09. The third-order valence-electron chi connectivity index (χ3n) is 3.36. The topological polar surface area (TPSA) is 34.0 Å². The van der Waals surface area contributed by atoms with Gasteiger partial charge in [-0.2, -0.15) is 0 Å².